The van der Waals surface area contributed by atoms with Crippen LogP contribution in [-0.2, 0) is 9.53 Å². The van der Waals surface area contributed by atoms with Gasteiger partial charge >= 0.3 is 5.97 Å². The Bertz CT molecular complexity index is 610. The molecule has 1 atom stereocenters. The van der Waals surface area contributed by atoms with E-state index in [1.54, 1.807) is 0 Å². The lowest BCUT2D eigenvalue weighted by Gasteiger charge is -2.11. The molecule has 0 aliphatic rings. The molecule has 0 N–H and O–H groups in total. The first-order chi connectivity index (χ1) is 10.1. The summed E-state index contributed by atoms with van der Waals surface area (Å²) in [5, 5.41) is 0.753. The van der Waals surface area contributed by atoms with Gasteiger partial charge in [-0.2, -0.15) is 12.6 Å². The number of thiol groups is 1. The maximum atomic E-state index is 11.2. The van der Waals surface area contributed by atoms with Crippen molar-refractivity contribution in [3.05, 3.63) is 59.1 Å². The fraction of sp³-hybridized carbons (Fsp3) is 0.235. The van der Waals surface area contributed by atoms with Crippen molar-refractivity contribution in [2.45, 2.75) is 18.1 Å². The molecule has 0 aliphatic heterocycles. The van der Waals surface area contributed by atoms with Crippen LogP contribution in [0, 0.1) is 0 Å². The van der Waals surface area contributed by atoms with Crippen LogP contribution in [0.1, 0.15) is 23.7 Å². The van der Waals surface area contributed by atoms with Gasteiger partial charge in [0.15, 0.2) is 0 Å². The Morgan fingerprint density at radius 2 is 1.86 bits per heavy atom. The van der Waals surface area contributed by atoms with E-state index in [9.17, 15) is 4.79 Å². The van der Waals surface area contributed by atoms with Crippen LogP contribution < -0.4 is 0 Å². The van der Waals surface area contributed by atoms with Gasteiger partial charge in [0, 0.05) is 22.3 Å². The van der Waals surface area contributed by atoms with Crippen molar-refractivity contribution in [2.24, 2.45) is 0 Å². The van der Waals surface area contributed by atoms with Gasteiger partial charge in [-0.3, -0.25) is 4.79 Å². The van der Waals surface area contributed by atoms with Crippen molar-refractivity contribution in [1.29, 1.82) is 0 Å². The number of benzene rings is 2. The Balaban J connectivity index is 2.08. The highest BCUT2D eigenvalue weighted by Gasteiger charge is 2.10. The van der Waals surface area contributed by atoms with Crippen LogP contribution in [0.5, 0.6) is 0 Å². The smallest absolute Gasteiger partial charge is 0.305 e. The summed E-state index contributed by atoms with van der Waals surface area (Å²) >= 11 is 10.7. The zero-order valence-corrected chi connectivity index (χ0v) is 13.4. The highest BCUT2D eigenvalue weighted by Crippen LogP contribution is 2.31. The molecule has 0 aliphatic carbocycles. The number of carbonyl (C=O) groups excluding carboxylic acids is 1. The number of rotatable bonds is 5. The van der Waals surface area contributed by atoms with Crippen molar-refractivity contribution < 1.29 is 9.53 Å². The maximum absolute atomic E-state index is 11.2. The number of ether oxygens (including phenoxy) is 1. The van der Waals surface area contributed by atoms with E-state index in [0.29, 0.717) is 12.8 Å². The van der Waals surface area contributed by atoms with Gasteiger partial charge in [0.2, 0.25) is 0 Å². The largest absolute Gasteiger partial charge is 0.469 e. The van der Waals surface area contributed by atoms with E-state index in [-0.39, 0.29) is 11.2 Å². The number of hydrogen-bond donors (Lipinski definition) is 1. The molecule has 1 unspecified atom stereocenters. The molecule has 0 amide bonds. The molecular weight excluding hydrogens is 304 g/mol. The highest BCUT2D eigenvalue weighted by molar-refractivity contribution is 7.80. The minimum Gasteiger partial charge on any atom is -0.469 e. The summed E-state index contributed by atoms with van der Waals surface area (Å²) in [6.45, 7) is 0. The Morgan fingerprint density at radius 1 is 1.19 bits per heavy atom. The molecule has 2 aromatic carbocycles. The molecule has 2 rings (SSSR count). The van der Waals surface area contributed by atoms with E-state index < -0.39 is 0 Å². The van der Waals surface area contributed by atoms with Crippen LogP contribution in [0.4, 0.5) is 0 Å². The van der Waals surface area contributed by atoms with E-state index in [0.717, 1.165) is 21.7 Å². The number of esters is 1. The molecule has 0 saturated heterocycles. The van der Waals surface area contributed by atoms with Crippen molar-refractivity contribution >= 4 is 30.2 Å². The molecule has 0 heterocycles. The molecule has 110 valence electrons. The average Bonchev–Trinajstić information content (AvgIpc) is 2.53. The minimum absolute atomic E-state index is 0.0180. The van der Waals surface area contributed by atoms with Gasteiger partial charge in [-0.15, -0.1) is 0 Å². The lowest BCUT2D eigenvalue weighted by Crippen LogP contribution is -2.02. The Hall–Kier alpha value is -1.45. The summed E-state index contributed by atoms with van der Waals surface area (Å²) in [5.74, 6) is -0.207. The van der Waals surface area contributed by atoms with Gasteiger partial charge in [-0.25, -0.2) is 0 Å². The molecule has 4 heteroatoms. The Morgan fingerprint density at radius 3 is 2.48 bits per heavy atom. The predicted molar refractivity (Wildman–Crippen MR) is 89.9 cm³/mol. The number of halogens is 1. The lowest BCUT2D eigenvalue weighted by atomic mass is 10.0. The molecule has 0 saturated carbocycles. The predicted octanol–water partition coefficient (Wildman–Crippen LogP) is 4.93. The highest BCUT2D eigenvalue weighted by atomic mass is 35.5. The molecule has 0 spiro atoms. The summed E-state index contributed by atoms with van der Waals surface area (Å²) in [4.78, 5) is 11.2. The fourth-order valence-electron chi connectivity index (χ4n) is 2.10. The van der Waals surface area contributed by atoms with Crippen molar-refractivity contribution in [2.75, 3.05) is 7.11 Å². The topological polar surface area (TPSA) is 26.3 Å². The normalized spacial score (nSPS) is 12.0. The van der Waals surface area contributed by atoms with Crippen LogP contribution in [0.3, 0.4) is 0 Å². The van der Waals surface area contributed by atoms with Gasteiger partial charge in [0.1, 0.15) is 0 Å². The third-order valence-corrected chi connectivity index (χ3v) is 4.22. The molecule has 0 aromatic heterocycles. The van der Waals surface area contributed by atoms with E-state index >= 15 is 0 Å². The second kappa shape index (κ2) is 7.53. The summed E-state index contributed by atoms with van der Waals surface area (Å²) in [6, 6.07) is 15.8. The van der Waals surface area contributed by atoms with Gasteiger partial charge in [0.05, 0.1) is 7.11 Å². The van der Waals surface area contributed by atoms with E-state index in [1.165, 1.54) is 7.11 Å². The van der Waals surface area contributed by atoms with Gasteiger partial charge in [-0.1, -0.05) is 54.1 Å². The number of methoxy groups -OCH3 is 1. The third-order valence-electron chi connectivity index (χ3n) is 3.33. The second-order valence-corrected chi connectivity index (χ2v) is 5.76. The summed E-state index contributed by atoms with van der Waals surface area (Å²) < 4.78 is 4.64. The van der Waals surface area contributed by atoms with E-state index in [1.807, 2.05) is 48.5 Å². The maximum Gasteiger partial charge on any atom is 0.305 e. The fourth-order valence-corrected chi connectivity index (χ4v) is 2.65. The molecule has 21 heavy (non-hydrogen) atoms. The van der Waals surface area contributed by atoms with Crippen LogP contribution in [0.25, 0.3) is 11.1 Å². The molecular formula is C17H17ClO2S. The van der Waals surface area contributed by atoms with Crippen molar-refractivity contribution in [3.8, 4) is 11.1 Å². The van der Waals surface area contributed by atoms with E-state index in [4.69, 9.17) is 11.6 Å². The molecule has 2 nitrogen and oxygen atoms in total. The lowest BCUT2D eigenvalue weighted by molar-refractivity contribution is -0.140. The Kier molecular flexibility index (Phi) is 5.71. The average molecular weight is 321 g/mol. The quantitative estimate of drug-likeness (QED) is 0.624. The van der Waals surface area contributed by atoms with Gasteiger partial charge < -0.3 is 4.74 Å². The van der Waals surface area contributed by atoms with Crippen LogP contribution >= 0.6 is 24.2 Å². The first-order valence-corrected chi connectivity index (χ1v) is 7.61. The first kappa shape index (κ1) is 15.9. The summed E-state index contributed by atoms with van der Waals surface area (Å²) in [7, 11) is 1.40. The zero-order chi connectivity index (χ0) is 15.2. The monoisotopic (exact) mass is 320 g/mol. The molecule has 0 fully saturated rings. The van der Waals surface area contributed by atoms with Crippen molar-refractivity contribution in [3.63, 3.8) is 0 Å². The number of carbonyl (C=O) groups is 1. The number of hydrogen-bond acceptors (Lipinski definition) is 3. The third kappa shape index (κ3) is 4.26. The summed E-state index contributed by atoms with van der Waals surface area (Å²) in [6.07, 6.45) is 1.03. The zero-order valence-electron chi connectivity index (χ0n) is 11.8. The van der Waals surface area contributed by atoms with Crippen LogP contribution in [0.15, 0.2) is 48.5 Å². The standard InChI is InChI=1S/C17H17ClO2S/c1-20-17(19)11-10-16(21)13-8-6-12(7-9-13)14-4-2-3-5-15(14)18/h2-9,16,21H,10-11H2,1H3. The first-order valence-electron chi connectivity index (χ1n) is 6.71. The molecule has 2 aromatic rings. The van der Waals surface area contributed by atoms with Crippen LogP contribution in [0.2, 0.25) is 5.02 Å². The summed E-state index contributed by atoms with van der Waals surface area (Å²) in [5.41, 5.74) is 3.16. The SMILES string of the molecule is COC(=O)CCC(S)c1ccc(-c2ccccc2Cl)cc1. The second-order valence-electron chi connectivity index (χ2n) is 4.73. The molecule has 0 radical (unpaired) electrons. The minimum atomic E-state index is -0.207. The van der Waals surface area contributed by atoms with Crippen LogP contribution in [-0.4, -0.2) is 13.1 Å². The van der Waals surface area contributed by atoms with E-state index in [2.05, 4.69) is 17.4 Å². The van der Waals surface area contributed by atoms with Gasteiger partial charge in [-0.05, 0) is 23.6 Å². The van der Waals surface area contributed by atoms with Crippen molar-refractivity contribution in [1.82, 2.24) is 0 Å². The molecule has 0 bridgehead atoms. The Labute approximate surface area is 135 Å². The van der Waals surface area contributed by atoms with Gasteiger partial charge in [0.25, 0.3) is 0 Å².